The van der Waals surface area contributed by atoms with E-state index in [2.05, 4.69) is 4.74 Å². The molecule has 0 atom stereocenters. The Kier molecular flexibility index (Phi) is 8.39. The maximum Gasteiger partial charge on any atom is 0.573 e. The first-order chi connectivity index (χ1) is 18.5. The SMILES string of the molecule is COc1c(N(Cc2ccc(OC(F)(F)F)cc2)Sc2ccc(C(=O)O)cc2)nc(OC(C)C)c2ccccc12. The Hall–Kier alpha value is -4.12. The van der Waals surface area contributed by atoms with Crippen molar-refractivity contribution in [2.45, 2.75) is 37.8 Å². The molecule has 0 saturated heterocycles. The molecular formula is C28H25F3N2O5S. The molecule has 3 aromatic carbocycles. The van der Waals surface area contributed by atoms with Crippen LogP contribution < -0.4 is 18.5 Å². The first-order valence-electron chi connectivity index (χ1n) is 11.8. The van der Waals surface area contributed by atoms with Crippen LogP contribution in [0.4, 0.5) is 19.0 Å². The highest BCUT2D eigenvalue weighted by molar-refractivity contribution is 8.00. The highest BCUT2D eigenvalue weighted by Crippen LogP contribution is 2.43. The number of pyridine rings is 1. The lowest BCUT2D eigenvalue weighted by Gasteiger charge is -2.26. The van der Waals surface area contributed by atoms with Crippen LogP contribution in [0.2, 0.25) is 0 Å². The Bertz CT molecular complexity index is 1450. The molecular weight excluding hydrogens is 533 g/mol. The predicted molar refractivity (Wildman–Crippen MR) is 143 cm³/mol. The van der Waals surface area contributed by atoms with Gasteiger partial charge in [-0.2, -0.15) is 4.98 Å². The van der Waals surface area contributed by atoms with Gasteiger partial charge in [-0.1, -0.05) is 30.3 Å². The van der Waals surface area contributed by atoms with Crippen molar-refractivity contribution in [1.82, 2.24) is 4.98 Å². The van der Waals surface area contributed by atoms with E-state index >= 15 is 0 Å². The maximum atomic E-state index is 12.6. The van der Waals surface area contributed by atoms with Gasteiger partial charge < -0.3 is 19.3 Å². The fourth-order valence-electron chi connectivity index (χ4n) is 3.78. The normalized spacial score (nSPS) is 11.5. The Morgan fingerprint density at radius 3 is 2.21 bits per heavy atom. The summed E-state index contributed by atoms with van der Waals surface area (Å²) in [6.45, 7) is 3.99. The number of fused-ring (bicyclic) bond motifs is 1. The van der Waals surface area contributed by atoms with Gasteiger partial charge in [0.15, 0.2) is 11.6 Å². The summed E-state index contributed by atoms with van der Waals surface area (Å²) in [7, 11) is 1.53. The molecule has 39 heavy (non-hydrogen) atoms. The molecule has 204 valence electrons. The van der Waals surface area contributed by atoms with E-state index in [9.17, 15) is 23.1 Å². The van der Waals surface area contributed by atoms with Crippen LogP contribution in [0.3, 0.4) is 0 Å². The van der Waals surface area contributed by atoms with Gasteiger partial charge in [0.1, 0.15) is 5.75 Å². The molecule has 0 aliphatic carbocycles. The summed E-state index contributed by atoms with van der Waals surface area (Å²) < 4.78 is 55.5. The first kappa shape index (κ1) is 27.9. The van der Waals surface area contributed by atoms with Gasteiger partial charge in [-0.05, 0) is 73.8 Å². The second-order valence-corrected chi connectivity index (χ2v) is 9.73. The Morgan fingerprint density at radius 1 is 1.00 bits per heavy atom. The van der Waals surface area contributed by atoms with Gasteiger partial charge in [0.2, 0.25) is 5.88 Å². The number of aromatic nitrogens is 1. The number of anilines is 1. The van der Waals surface area contributed by atoms with E-state index in [1.165, 1.54) is 55.5 Å². The highest BCUT2D eigenvalue weighted by Gasteiger charge is 2.31. The highest BCUT2D eigenvalue weighted by atomic mass is 32.2. The molecule has 0 aliphatic heterocycles. The van der Waals surface area contributed by atoms with Crippen molar-refractivity contribution in [3.8, 4) is 17.4 Å². The maximum absolute atomic E-state index is 12.6. The monoisotopic (exact) mass is 558 g/mol. The van der Waals surface area contributed by atoms with E-state index < -0.39 is 12.3 Å². The van der Waals surface area contributed by atoms with Crippen molar-refractivity contribution in [3.63, 3.8) is 0 Å². The number of methoxy groups -OCH3 is 1. The molecule has 0 aliphatic rings. The summed E-state index contributed by atoms with van der Waals surface area (Å²) in [6.07, 6.45) is -4.95. The lowest BCUT2D eigenvalue weighted by atomic mass is 10.1. The summed E-state index contributed by atoms with van der Waals surface area (Å²) in [5.41, 5.74) is 0.808. The van der Waals surface area contributed by atoms with Crippen LogP contribution in [0.25, 0.3) is 10.8 Å². The molecule has 1 aromatic heterocycles. The number of benzene rings is 3. The molecule has 7 nitrogen and oxygen atoms in total. The molecule has 0 unspecified atom stereocenters. The fourth-order valence-corrected chi connectivity index (χ4v) is 4.71. The molecule has 0 saturated carbocycles. The van der Waals surface area contributed by atoms with Gasteiger partial charge in [0.25, 0.3) is 0 Å². The van der Waals surface area contributed by atoms with E-state index in [-0.39, 0.29) is 24.0 Å². The number of hydrogen-bond acceptors (Lipinski definition) is 7. The zero-order chi connectivity index (χ0) is 28.2. The quantitative estimate of drug-likeness (QED) is 0.203. The van der Waals surface area contributed by atoms with Gasteiger partial charge in [-0.25, -0.2) is 4.79 Å². The number of alkyl halides is 3. The second-order valence-electron chi connectivity index (χ2n) is 8.64. The molecule has 11 heteroatoms. The van der Waals surface area contributed by atoms with Crippen LogP contribution in [0, 0.1) is 0 Å². The lowest BCUT2D eigenvalue weighted by Crippen LogP contribution is -2.18. The van der Waals surface area contributed by atoms with Crippen LogP contribution in [-0.2, 0) is 6.54 Å². The Morgan fingerprint density at radius 2 is 1.64 bits per heavy atom. The smallest absolute Gasteiger partial charge is 0.492 e. The van der Waals surface area contributed by atoms with Crippen molar-refractivity contribution < 1.29 is 37.3 Å². The van der Waals surface area contributed by atoms with Crippen LogP contribution in [0.5, 0.6) is 17.4 Å². The summed E-state index contributed by atoms with van der Waals surface area (Å²) in [5, 5.41) is 10.8. The number of carbonyl (C=O) groups is 1. The average Bonchev–Trinajstić information content (AvgIpc) is 2.88. The van der Waals surface area contributed by atoms with Crippen LogP contribution in [0.15, 0.2) is 77.7 Å². The number of halogens is 3. The first-order valence-corrected chi connectivity index (χ1v) is 12.6. The summed E-state index contributed by atoms with van der Waals surface area (Å²) >= 11 is 1.27. The van der Waals surface area contributed by atoms with E-state index in [1.54, 1.807) is 12.1 Å². The third kappa shape index (κ3) is 7.05. The standard InChI is InChI=1S/C28H25F3N2O5S/c1-17(2)37-26-23-7-5-4-6-22(23)24(36-3)25(32-26)33(39-21-14-10-19(11-15-21)27(34)35)16-18-8-12-20(13-9-18)38-28(29,30)31/h4-15,17H,16H2,1-3H3,(H,34,35). The molecule has 1 N–H and O–H groups in total. The number of hydrogen-bond donors (Lipinski definition) is 1. The number of aromatic carboxylic acids is 1. The van der Waals surface area contributed by atoms with Gasteiger partial charge in [-0.3, -0.25) is 4.31 Å². The number of carboxylic acids is 1. The second kappa shape index (κ2) is 11.7. The zero-order valence-electron chi connectivity index (χ0n) is 21.2. The van der Waals surface area contributed by atoms with Crippen LogP contribution in [-0.4, -0.2) is 35.6 Å². The lowest BCUT2D eigenvalue weighted by molar-refractivity contribution is -0.274. The average molecular weight is 559 g/mol. The third-order valence-corrected chi connectivity index (χ3v) is 6.41. The van der Waals surface area contributed by atoms with E-state index in [0.717, 1.165) is 10.8 Å². The molecule has 0 fully saturated rings. The number of carboxylic acid groups (broad SMARTS) is 1. The molecule has 0 radical (unpaired) electrons. The minimum atomic E-state index is -4.79. The summed E-state index contributed by atoms with van der Waals surface area (Å²) in [4.78, 5) is 16.8. The topological polar surface area (TPSA) is 81.1 Å². The van der Waals surface area contributed by atoms with E-state index in [4.69, 9.17) is 14.5 Å². The summed E-state index contributed by atoms with van der Waals surface area (Å²) in [6, 6.07) is 19.4. The summed E-state index contributed by atoms with van der Waals surface area (Å²) in [5.74, 6) is -0.0676. The molecule has 1 heterocycles. The molecule has 0 bridgehead atoms. The molecule has 0 spiro atoms. The van der Waals surface area contributed by atoms with Crippen LogP contribution >= 0.6 is 11.9 Å². The molecule has 4 aromatic rings. The number of nitrogens with zero attached hydrogens (tertiary/aromatic N) is 2. The molecule has 0 amide bonds. The van der Waals surface area contributed by atoms with Crippen LogP contribution in [0.1, 0.15) is 29.8 Å². The number of ether oxygens (including phenoxy) is 3. The van der Waals surface area contributed by atoms with Gasteiger partial charge in [0, 0.05) is 15.7 Å². The van der Waals surface area contributed by atoms with E-state index in [1.807, 2.05) is 42.4 Å². The Balaban J connectivity index is 1.79. The zero-order valence-corrected chi connectivity index (χ0v) is 22.0. The third-order valence-electron chi connectivity index (χ3n) is 5.40. The van der Waals surface area contributed by atoms with Crippen molar-refractivity contribution in [2.75, 3.05) is 11.4 Å². The van der Waals surface area contributed by atoms with Gasteiger partial charge in [0.05, 0.1) is 25.3 Å². The minimum absolute atomic E-state index is 0.139. The van der Waals surface area contributed by atoms with Crippen molar-refractivity contribution in [1.29, 1.82) is 0 Å². The molecule has 4 rings (SSSR count). The van der Waals surface area contributed by atoms with E-state index in [0.29, 0.717) is 27.9 Å². The van der Waals surface area contributed by atoms with Gasteiger partial charge >= 0.3 is 12.3 Å². The fraction of sp³-hybridized carbons (Fsp3) is 0.214. The van der Waals surface area contributed by atoms with Crippen molar-refractivity contribution in [2.24, 2.45) is 0 Å². The number of rotatable bonds is 10. The predicted octanol–water partition coefficient (Wildman–Crippen LogP) is 7.34. The Labute approximate surface area is 227 Å². The van der Waals surface area contributed by atoms with Crippen molar-refractivity contribution >= 4 is 34.5 Å². The minimum Gasteiger partial charge on any atom is -0.492 e. The largest absolute Gasteiger partial charge is 0.573 e. The van der Waals surface area contributed by atoms with Crippen molar-refractivity contribution in [3.05, 3.63) is 83.9 Å². The van der Waals surface area contributed by atoms with Gasteiger partial charge in [-0.15, -0.1) is 13.2 Å².